The van der Waals surface area contributed by atoms with Gasteiger partial charge in [0.05, 0.1) is 12.4 Å². The van der Waals surface area contributed by atoms with Crippen LogP contribution >= 0.6 is 0 Å². The van der Waals surface area contributed by atoms with Crippen LogP contribution in [0.2, 0.25) is 0 Å². The maximum absolute atomic E-state index is 5.92. The number of nitrogens with zero attached hydrogens (tertiary/aromatic N) is 2. The molecule has 0 aliphatic rings. The summed E-state index contributed by atoms with van der Waals surface area (Å²) in [5.41, 5.74) is 6.92. The Bertz CT molecular complexity index is 517. The number of ether oxygens (including phenoxy) is 1. The minimum absolute atomic E-state index is 0.0543. The SMILES string of the molecule is CC(N)c1ccccc1Oc1cnn(C(C)C)c1. The third kappa shape index (κ3) is 2.71. The molecular weight excluding hydrogens is 226 g/mol. The number of nitrogens with two attached hydrogens (primary N) is 1. The Labute approximate surface area is 107 Å². The topological polar surface area (TPSA) is 53.1 Å². The van der Waals surface area contributed by atoms with Gasteiger partial charge in [-0.05, 0) is 26.8 Å². The summed E-state index contributed by atoms with van der Waals surface area (Å²) < 4.78 is 7.70. The first-order valence-electron chi connectivity index (χ1n) is 6.14. The van der Waals surface area contributed by atoms with Crippen molar-refractivity contribution in [3.05, 3.63) is 42.2 Å². The van der Waals surface area contributed by atoms with Crippen LogP contribution < -0.4 is 10.5 Å². The minimum Gasteiger partial charge on any atom is -0.454 e. The Kier molecular flexibility index (Phi) is 3.67. The van der Waals surface area contributed by atoms with E-state index in [0.717, 1.165) is 17.1 Å². The zero-order valence-electron chi connectivity index (χ0n) is 11.0. The number of benzene rings is 1. The number of hydrogen-bond acceptors (Lipinski definition) is 3. The first kappa shape index (κ1) is 12.6. The highest BCUT2D eigenvalue weighted by Gasteiger charge is 2.09. The maximum atomic E-state index is 5.92. The smallest absolute Gasteiger partial charge is 0.165 e. The van der Waals surface area contributed by atoms with Crippen LogP contribution in [0.25, 0.3) is 0 Å². The highest BCUT2D eigenvalue weighted by molar-refractivity contribution is 5.38. The van der Waals surface area contributed by atoms with Gasteiger partial charge in [0.15, 0.2) is 5.75 Å². The Hall–Kier alpha value is -1.81. The molecule has 2 N–H and O–H groups in total. The molecular formula is C14H19N3O. The van der Waals surface area contributed by atoms with Crippen molar-refractivity contribution in [2.45, 2.75) is 32.9 Å². The van der Waals surface area contributed by atoms with Gasteiger partial charge >= 0.3 is 0 Å². The van der Waals surface area contributed by atoms with E-state index in [4.69, 9.17) is 10.5 Å². The highest BCUT2D eigenvalue weighted by Crippen LogP contribution is 2.28. The average Bonchev–Trinajstić information content (AvgIpc) is 2.78. The van der Waals surface area contributed by atoms with E-state index in [9.17, 15) is 0 Å². The summed E-state index contributed by atoms with van der Waals surface area (Å²) in [7, 11) is 0. The van der Waals surface area contributed by atoms with E-state index >= 15 is 0 Å². The summed E-state index contributed by atoms with van der Waals surface area (Å²) in [6.07, 6.45) is 3.61. The highest BCUT2D eigenvalue weighted by atomic mass is 16.5. The maximum Gasteiger partial charge on any atom is 0.165 e. The second kappa shape index (κ2) is 5.23. The summed E-state index contributed by atoms with van der Waals surface area (Å²) in [6.45, 7) is 6.10. The largest absolute Gasteiger partial charge is 0.454 e. The van der Waals surface area contributed by atoms with E-state index in [1.54, 1.807) is 6.20 Å². The lowest BCUT2D eigenvalue weighted by molar-refractivity contribution is 0.467. The molecule has 4 heteroatoms. The van der Waals surface area contributed by atoms with Crippen molar-refractivity contribution >= 4 is 0 Å². The zero-order valence-corrected chi connectivity index (χ0v) is 11.0. The summed E-state index contributed by atoms with van der Waals surface area (Å²) in [6, 6.07) is 8.07. The molecule has 0 radical (unpaired) electrons. The predicted molar refractivity (Wildman–Crippen MR) is 71.7 cm³/mol. The van der Waals surface area contributed by atoms with Gasteiger partial charge in [-0.1, -0.05) is 18.2 Å². The Morgan fingerprint density at radius 2 is 1.94 bits per heavy atom. The van der Waals surface area contributed by atoms with Crippen molar-refractivity contribution < 1.29 is 4.74 Å². The van der Waals surface area contributed by atoms with Crippen LogP contribution in [0, 0.1) is 0 Å². The molecule has 1 atom stereocenters. The van der Waals surface area contributed by atoms with Gasteiger partial charge in [0.25, 0.3) is 0 Å². The minimum atomic E-state index is -0.0543. The lowest BCUT2D eigenvalue weighted by Crippen LogP contribution is -2.06. The van der Waals surface area contributed by atoms with E-state index in [1.807, 2.05) is 42.1 Å². The predicted octanol–water partition coefficient (Wildman–Crippen LogP) is 3.28. The molecule has 0 bridgehead atoms. The van der Waals surface area contributed by atoms with Crippen LogP contribution in [0.3, 0.4) is 0 Å². The van der Waals surface area contributed by atoms with Crippen molar-refractivity contribution in [1.29, 1.82) is 0 Å². The van der Waals surface area contributed by atoms with E-state index in [-0.39, 0.29) is 6.04 Å². The Morgan fingerprint density at radius 1 is 1.22 bits per heavy atom. The molecule has 2 aromatic rings. The molecule has 2 rings (SSSR count). The second-order valence-corrected chi connectivity index (χ2v) is 4.68. The zero-order chi connectivity index (χ0) is 13.1. The van der Waals surface area contributed by atoms with Crippen molar-refractivity contribution in [3.63, 3.8) is 0 Å². The summed E-state index contributed by atoms with van der Waals surface area (Å²) in [5, 5.41) is 4.25. The van der Waals surface area contributed by atoms with Crippen LogP contribution in [0.15, 0.2) is 36.7 Å². The molecule has 18 heavy (non-hydrogen) atoms. The molecule has 1 aromatic heterocycles. The molecule has 4 nitrogen and oxygen atoms in total. The standard InChI is InChI=1S/C14H19N3O/c1-10(2)17-9-12(8-16-17)18-14-7-5-4-6-13(14)11(3)15/h4-11H,15H2,1-3H3. The van der Waals surface area contributed by atoms with Crippen LogP contribution in [-0.4, -0.2) is 9.78 Å². The van der Waals surface area contributed by atoms with Crippen LogP contribution in [-0.2, 0) is 0 Å². The van der Waals surface area contributed by atoms with Gasteiger partial charge in [-0.25, -0.2) is 0 Å². The van der Waals surface area contributed by atoms with Gasteiger partial charge in [-0.15, -0.1) is 0 Å². The molecule has 0 aliphatic heterocycles. The van der Waals surface area contributed by atoms with E-state index in [2.05, 4.69) is 18.9 Å². The van der Waals surface area contributed by atoms with Crippen LogP contribution in [0.4, 0.5) is 0 Å². The normalized spacial score (nSPS) is 12.7. The van der Waals surface area contributed by atoms with Crippen LogP contribution in [0.5, 0.6) is 11.5 Å². The fraction of sp³-hybridized carbons (Fsp3) is 0.357. The van der Waals surface area contributed by atoms with Gasteiger partial charge < -0.3 is 10.5 Å². The van der Waals surface area contributed by atoms with Crippen molar-refractivity contribution in [2.75, 3.05) is 0 Å². The number of hydrogen-bond donors (Lipinski definition) is 1. The third-order valence-corrected chi connectivity index (χ3v) is 2.74. The van der Waals surface area contributed by atoms with Crippen molar-refractivity contribution in [2.24, 2.45) is 5.73 Å². The molecule has 1 aromatic carbocycles. The summed E-state index contributed by atoms with van der Waals surface area (Å²) in [4.78, 5) is 0. The summed E-state index contributed by atoms with van der Waals surface area (Å²) in [5.74, 6) is 1.52. The van der Waals surface area contributed by atoms with E-state index < -0.39 is 0 Å². The van der Waals surface area contributed by atoms with Gasteiger partial charge in [0.2, 0.25) is 0 Å². The molecule has 0 aliphatic carbocycles. The van der Waals surface area contributed by atoms with Crippen LogP contribution in [0.1, 0.15) is 38.4 Å². The fourth-order valence-electron chi connectivity index (χ4n) is 1.73. The van der Waals surface area contributed by atoms with Crippen molar-refractivity contribution in [3.8, 4) is 11.5 Å². The van der Waals surface area contributed by atoms with Gasteiger partial charge in [0, 0.05) is 17.6 Å². The lowest BCUT2D eigenvalue weighted by Gasteiger charge is -2.12. The lowest BCUT2D eigenvalue weighted by atomic mass is 10.1. The Morgan fingerprint density at radius 3 is 2.56 bits per heavy atom. The molecule has 0 amide bonds. The molecule has 1 unspecified atom stereocenters. The van der Waals surface area contributed by atoms with Gasteiger partial charge in [-0.2, -0.15) is 5.10 Å². The fourth-order valence-corrected chi connectivity index (χ4v) is 1.73. The number of para-hydroxylation sites is 1. The monoisotopic (exact) mass is 245 g/mol. The molecule has 1 heterocycles. The third-order valence-electron chi connectivity index (χ3n) is 2.74. The molecule has 0 spiro atoms. The Balaban J connectivity index is 2.23. The van der Waals surface area contributed by atoms with Gasteiger partial charge in [0.1, 0.15) is 5.75 Å². The molecule has 0 saturated heterocycles. The molecule has 96 valence electrons. The summed E-state index contributed by atoms with van der Waals surface area (Å²) >= 11 is 0. The second-order valence-electron chi connectivity index (χ2n) is 4.68. The van der Waals surface area contributed by atoms with Gasteiger partial charge in [-0.3, -0.25) is 4.68 Å². The average molecular weight is 245 g/mol. The quantitative estimate of drug-likeness (QED) is 0.899. The molecule has 0 fully saturated rings. The first-order valence-corrected chi connectivity index (χ1v) is 6.14. The molecule has 0 saturated carbocycles. The van der Waals surface area contributed by atoms with E-state index in [1.165, 1.54) is 0 Å². The first-order chi connectivity index (χ1) is 8.58. The number of rotatable bonds is 4. The van der Waals surface area contributed by atoms with Crippen molar-refractivity contribution in [1.82, 2.24) is 9.78 Å². The number of aromatic nitrogens is 2. The van der Waals surface area contributed by atoms with E-state index in [0.29, 0.717) is 6.04 Å².